The molecule has 21 heavy (non-hydrogen) atoms. The van der Waals surface area contributed by atoms with Crippen molar-refractivity contribution in [2.24, 2.45) is 5.92 Å². The van der Waals surface area contributed by atoms with Crippen LogP contribution < -0.4 is 10.2 Å². The maximum Gasteiger partial charge on any atom is 0.418 e. The number of halogens is 4. The molecule has 1 N–H and O–H groups in total. The van der Waals surface area contributed by atoms with Crippen LogP contribution in [-0.4, -0.2) is 25.7 Å². The van der Waals surface area contributed by atoms with Gasteiger partial charge in [-0.3, -0.25) is 0 Å². The molecule has 1 aliphatic heterocycles. The zero-order valence-corrected chi connectivity index (χ0v) is 13.9. The first-order valence-electron chi connectivity index (χ1n) is 7.06. The molecule has 2 rings (SSSR count). The van der Waals surface area contributed by atoms with Crippen LogP contribution in [0, 0.1) is 5.92 Å². The topological polar surface area (TPSA) is 15.3 Å². The van der Waals surface area contributed by atoms with Gasteiger partial charge in [-0.15, -0.1) is 0 Å². The molecule has 0 bridgehead atoms. The van der Waals surface area contributed by atoms with Gasteiger partial charge in [-0.25, -0.2) is 0 Å². The second kappa shape index (κ2) is 6.16. The Morgan fingerprint density at radius 1 is 1.29 bits per heavy atom. The van der Waals surface area contributed by atoms with E-state index < -0.39 is 11.7 Å². The van der Waals surface area contributed by atoms with Crippen molar-refractivity contribution >= 4 is 21.6 Å². The highest BCUT2D eigenvalue weighted by molar-refractivity contribution is 9.10. The molecule has 1 heterocycles. The van der Waals surface area contributed by atoms with E-state index in [9.17, 15) is 13.2 Å². The Morgan fingerprint density at radius 3 is 2.52 bits per heavy atom. The SMILES string of the molecule is CNC1CCN(c2ccc(Br)cc2C(F)(F)F)C(C)C1C. The molecule has 0 amide bonds. The Labute approximate surface area is 131 Å². The third kappa shape index (κ3) is 3.37. The number of nitrogens with one attached hydrogen (secondary N) is 1. The van der Waals surface area contributed by atoms with Crippen molar-refractivity contribution in [1.29, 1.82) is 0 Å². The largest absolute Gasteiger partial charge is 0.418 e. The van der Waals surface area contributed by atoms with Crippen molar-refractivity contribution in [1.82, 2.24) is 5.32 Å². The van der Waals surface area contributed by atoms with E-state index in [1.54, 1.807) is 12.1 Å². The molecule has 0 saturated carbocycles. The maximum absolute atomic E-state index is 13.3. The van der Waals surface area contributed by atoms with Crippen LogP contribution in [0.1, 0.15) is 25.8 Å². The van der Waals surface area contributed by atoms with Gasteiger partial charge in [0.2, 0.25) is 0 Å². The molecule has 0 radical (unpaired) electrons. The zero-order chi connectivity index (χ0) is 15.8. The summed E-state index contributed by atoms with van der Waals surface area (Å²) in [5, 5.41) is 3.25. The van der Waals surface area contributed by atoms with Crippen LogP contribution in [0.4, 0.5) is 18.9 Å². The van der Waals surface area contributed by atoms with E-state index in [1.165, 1.54) is 0 Å². The lowest BCUT2D eigenvalue weighted by atomic mass is 9.86. The first-order chi connectivity index (χ1) is 9.75. The third-order valence-corrected chi connectivity index (χ3v) is 5.01. The Balaban J connectivity index is 2.38. The number of piperidine rings is 1. The molecule has 3 unspecified atom stereocenters. The molecule has 1 aromatic carbocycles. The van der Waals surface area contributed by atoms with E-state index in [0.29, 0.717) is 17.1 Å². The Hall–Kier alpha value is -0.750. The summed E-state index contributed by atoms with van der Waals surface area (Å²) in [5.74, 6) is 0.286. The van der Waals surface area contributed by atoms with Crippen molar-refractivity contribution in [2.75, 3.05) is 18.5 Å². The highest BCUT2D eigenvalue weighted by Gasteiger charge is 2.38. The number of rotatable bonds is 2. The molecule has 6 heteroatoms. The minimum absolute atomic E-state index is 0.0541. The van der Waals surface area contributed by atoms with Crippen LogP contribution in [0.15, 0.2) is 22.7 Å². The van der Waals surface area contributed by atoms with Gasteiger partial charge in [0.05, 0.1) is 5.56 Å². The summed E-state index contributed by atoms with van der Waals surface area (Å²) in [4.78, 5) is 1.88. The van der Waals surface area contributed by atoms with Gasteiger partial charge >= 0.3 is 6.18 Å². The lowest BCUT2D eigenvalue weighted by Gasteiger charge is -2.44. The van der Waals surface area contributed by atoms with Crippen molar-refractivity contribution in [3.8, 4) is 0 Å². The van der Waals surface area contributed by atoms with E-state index in [1.807, 2.05) is 18.9 Å². The number of hydrogen-bond donors (Lipinski definition) is 1. The van der Waals surface area contributed by atoms with Crippen LogP contribution in [0.5, 0.6) is 0 Å². The summed E-state index contributed by atoms with van der Waals surface area (Å²) in [7, 11) is 1.91. The van der Waals surface area contributed by atoms with Gasteiger partial charge in [-0.05, 0) is 44.5 Å². The fourth-order valence-electron chi connectivity index (χ4n) is 3.10. The molecule has 0 spiro atoms. The first kappa shape index (κ1) is 16.6. The van der Waals surface area contributed by atoms with E-state index in [2.05, 4.69) is 28.2 Å². The van der Waals surface area contributed by atoms with Crippen LogP contribution in [0.25, 0.3) is 0 Å². The molecular weight excluding hydrogens is 345 g/mol. The number of nitrogens with zero attached hydrogens (tertiary/aromatic N) is 1. The fourth-order valence-corrected chi connectivity index (χ4v) is 3.46. The Kier molecular flexibility index (Phi) is 4.88. The monoisotopic (exact) mass is 364 g/mol. The average molecular weight is 365 g/mol. The Bertz CT molecular complexity index is 504. The highest BCUT2D eigenvalue weighted by atomic mass is 79.9. The van der Waals surface area contributed by atoms with E-state index in [0.717, 1.165) is 12.5 Å². The second-order valence-corrected chi connectivity index (χ2v) is 6.55. The third-order valence-electron chi connectivity index (χ3n) is 4.51. The van der Waals surface area contributed by atoms with E-state index in [4.69, 9.17) is 0 Å². The van der Waals surface area contributed by atoms with Gasteiger partial charge in [0.15, 0.2) is 0 Å². The van der Waals surface area contributed by atoms with E-state index >= 15 is 0 Å². The molecule has 1 fully saturated rings. The van der Waals surface area contributed by atoms with Gasteiger partial charge in [0.1, 0.15) is 0 Å². The summed E-state index contributed by atoms with van der Waals surface area (Å²) in [6.45, 7) is 4.71. The predicted molar refractivity (Wildman–Crippen MR) is 82.6 cm³/mol. The summed E-state index contributed by atoms with van der Waals surface area (Å²) < 4.78 is 40.3. The fraction of sp³-hybridized carbons (Fsp3) is 0.600. The minimum Gasteiger partial charge on any atom is -0.368 e. The summed E-state index contributed by atoms with van der Waals surface area (Å²) in [6, 6.07) is 4.80. The van der Waals surface area contributed by atoms with E-state index in [-0.39, 0.29) is 17.6 Å². The molecule has 1 aliphatic rings. The lowest BCUT2D eigenvalue weighted by Crippen LogP contribution is -2.53. The van der Waals surface area contributed by atoms with Gasteiger partial charge in [-0.1, -0.05) is 22.9 Å². The number of benzene rings is 1. The number of hydrogen-bond acceptors (Lipinski definition) is 2. The van der Waals surface area contributed by atoms with Crippen LogP contribution in [0.2, 0.25) is 0 Å². The molecule has 3 atom stereocenters. The summed E-state index contributed by atoms with van der Waals surface area (Å²) in [6.07, 6.45) is -3.50. The maximum atomic E-state index is 13.3. The first-order valence-corrected chi connectivity index (χ1v) is 7.85. The normalized spacial score (nSPS) is 27.0. The van der Waals surface area contributed by atoms with Gasteiger partial charge in [-0.2, -0.15) is 13.2 Å². The molecule has 0 aliphatic carbocycles. The molecule has 118 valence electrons. The van der Waals surface area contributed by atoms with Gasteiger partial charge < -0.3 is 10.2 Å². The molecule has 0 aromatic heterocycles. The minimum atomic E-state index is -4.35. The second-order valence-electron chi connectivity index (χ2n) is 5.64. The van der Waals surface area contributed by atoms with Crippen molar-refractivity contribution in [3.05, 3.63) is 28.2 Å². The molecule has 2 nitrogen and oxygen atoms in total. The molecular formula is C15H20BrF3N2. The molecule has 1 aromatic rings. The molecule has 1 saturated heterocycles. The highest BCUT2D eigenvalue weighted by Crippen LogP contribution is 2.40. The van der Waals surface area contributed by atoms with Gasteiger partial charge in [0.25, 0.3) is 0 Å². The standard InChI is InChI=1S/C15H20BrF3N2/c1-9-10(2)21(7-6-13(9)20-3)14-5-4-11(16)8-12(14)15(17,18)19/h4-5,8-10,13,20H,6-7H2,1-3H3. The number of anilines is 1. The summed E-state index contributed by atoms with van der Waals surface area (Å²) >= 11 is 3.13. The van der Waals surface area contributed by atoms with Crippen molar-refractivity contribution < 1.29 is 13.2 Å². The van der Waals surface area contributed by atoms with Crippen LogP contribution in [-0.2, 0) is 6.18 Å². The summed E-state index contributed by atoms with van der Waals surface area (Å²) in [5.41, 5.74) is -0.293. The van der Waals surface area contributed by atoms with Crippen LogP contribution >= 0.6 is 15.9 Å². The lowest BCUT2D eigenvalue weighted by molar-refractivity contribution is -0.137. The Morgan fingerprint density at radius 2 is 1.95 bits per heavy atom. The van der Waals surface area contributed by atoms with Gasteiger partial charge in [0, 0.05) is 28.8 Å². The smallest absolute Gasteiger partial charge is 0.368 e. The van der Waals surface area contributed by atoms with Crippen molar-refractivity contribution in [3.63, 3.8) is 0 Å². The average Bonchev–Trinajstić information content (AvgIpc) is 2.41. The van der Waals surface area contributed by atoms with Crippen molar-refractivity contribution in [2.45, 2.75) is 38.5 Å². The quantitative estimate of drug-likeness (QED) is 0.841. The predicted octanol–water partition coefficient (Wildman–Crippen LogP) is 4.29. The van der Waals surface area contributed by atoms with Crippen LogP contribution in [0.3, 0.4) is 0 Å². The zero-order valence-electron chi connectivity index (χ0n) is 12.3. The number of alkyl halides is 3.